The predicted molar refractivity (Wildman–Crippen MR) is 44.7 cm³/mol. The first-order valence-corrected chi connectivity index (χ1v) is 4.57. The van der Waals surface area contributed by atoms with Crippen LogP contribution >= 0.6 is 11.3 Å². The van der Waals surface area contributed by atoms with Gasteiger partial charge in [-0.05, 0) is 6.92 Å². The van der Waals surface area contributed by atoms with Crippen molar-refractivity contribution in [3.05, 3.63) is 16.1 Å². The molecule has 0 radical (unpaired) electrons. The summed E-state index contributed by atoms with van der Waals surface area (Å²) in [5.41, 5.74) is 3.29. The normalized spacial score (nSPS) is 10.0. The van der Waals surface area contributed by atoms with Gasteiger partial charge in [-0.1, -0.05) is 11.3 Å². The highest BCUT2D eigenvalue weighted by Gasteiger charge is 2.11. The van der Waals surface area contributed by atoms with Crippen LogP contribution in [0.3, 0.4) is 0 Å². The van der Waals surface area contributed by atoms with Gasteiger partial charge in [-0.3, -0.25) is 0 Å². The number of rotatable bonds is 3. The van der Waals surface area contributed by atoms with Crippen molar-refractivity contribution in [2.45, 2.75) is 26.8 Å². The molecule has 1 rings (SSSR count). The summed E-state index contributed by atoms with van der Waals surface area (Å²) in [4.78, 5) is 11.4. The summed E-state index contributed by atoms with van der Waals surface area (Å²) in [5, 5.41) is 0. The SMILES string of the molecule is CC[n+]1csc(CC=O)c1C. The number of hydrogen-bond donors (Lipinski definition) is 0. The third kappa shape index (κ3) is 1.66. The number of aldehydes is 1. The molecule has 11 heavy (non-hydrogen) atoms. The van der Waals surface area contributed by atoms with E-state index in [0.717, 1.165) is 12.8 Å². The number of carbonyl (C=O) groups is 1. The van der Waals surface area contributed by atoms with Crippen molar-refractivity contribution in [1.29, 1.82) is 0 Å². The highest BCUT2D eigenvalue weighted by Crippen LogP contribution is 2.09. The van der Waals surface area contributed by atoms with E-state index in [1.807, 2.05) is 0 Å². The average molecular weight is 170 g/mol. The first kappa shape index (κ1) is 8.40. The molecule has 0 atom stereocenters. The lowest BCUT2D eigenvalue weighted by Crippen LogP contribution is -2.32. The number of aryl methyl sites for hydroxylation is 1. The topological polar surface area (TPSA) is 20.9 Å². The van der Waals surface area contributed by atoms with Crippen LogP contribution in [0.5, 0.6) is 0 Å². The first-order chi connectivity index (χ1) is 5.29. The third-order valence-corrected chi connectivity index (χ3v) is 2.87. The van der Waals surface area contributed by atoms with Crippen LogP contribution in [0, 0.1) is 6.92 Å². The summed E-state index contributed by atoms with van der Waals surface area (Å²) in [6.07, 6.45) is 1.52. The summed E-state index contributed by atoms with van der Waals surface area (Å²) in [6, 6.07) is 0. The van der Waals surface area contributed by atoms with Gasteiger partial charge in [0.1, 0.15) is 12.8 Å². The van der Waals surface area contributed by atoms with Gasteiger partial charge in [0.15, 0.2) is 5.69 Å². The van der Waals surface area contributed by atoms with E-state index in [1.54, 1.807) is 11.3 Å². The van der Waals surface area contributed by atoms with Gasteiger partial charge in [0.2, 0.25) is 5.51 Å². The molecule has 0 aromatic carbocycles. The molecule has 1 heterocycles. The monoisotopic (exact) mass is 170 g/mol. The van der Waals surface area contributed by atoms with Gasteiger partial charge in [0, 0.05) is 13.3 Å². The lowest BCUT2D eigenvalue weighted by Gasteiger charge is -1.88. The molecule has 0 aliphatic heterocycles. The highest BCUT2D eigenvalue weighted by atomic mass is 32.1. The van der Waals surface area contributed by atoms with Crippen LogP contribution < -0.4 is 4.57 Å². The number of carbonyl (C=O) groups excluding carboxylic acids is 1. The van der Waals surface area contributed by atoms with Crippen LogP contribution in [-0.4, -0.2) is 6.29 Å². The van der Waals surface area contributed by atoms with Crippen LogP contribution in [0.4, 0.5) is 0 Å². The second-order valence-corrected chi connectivity index (χ2v) is 3.33. The summed E-state index contributed by atoms with van der Waals surface area (Å²) in [6.45, 7) is 5.14. The maximum Gasteiger partial charge on any atom is 0.225 e. The Labute approximate surface area is 70.5 Å². The number of nitrogens with zero attached hydrogens (tertiary/aromatic N) is 1. The molecule has 0 amide bonds. The second-order valence-electron chi connectivity index (χ2n) is 2.39. The Bertz CT molecular complexity index is 255. The molecule has 60 valence electrons. The zero-order valence-electron chi connectivity index (χ0n) is 6.83. The van der Waals surface area contributed by atoms with Gasteiger partial charge in [-0.2, -0.15) is 4.57 Å². The minimum atomic E-state index is 0.559. The predicted octanol–water partition coefficient (Wildman–Crippen LogP) is 1.11. The maximum atomic E-state index is 10.2. The van der Waals surface area contributed by atoms with E-state index >= 15 is 0 Å². The van der Waals surface area contributed by atoms with Gasteiger partial charge < -0.3 is 4.79 Å². The molecule has 1 aromatic rings. The Morgan fingerprint density at radius 2 is 2.45 bits per heavy atom. The molecule has 0 aliphatic carbocycles. The third-order valence-electron chi connectivity index (χ3n) is 1.77. The lowest BCUT2D eigenvalue weighted by atomic mass is 10.3. The van der Waals surface area contributed by atoms with E-state index in [9.17, 15) is 4.79 Å². The van der Waals surface area contributed by atoms with Crippen LogP contribution in [0.15, 0.2) is 5.51 Å². The molecule has 0 N–H and O–H groups in total. The largest absolute Gasteiger partial charge is 0.303 e. The van der Waals surface area contributed by atoms with Gasteiger partial charge in [0.25, 0.3) is 0 Å². The van der Waals surface area contributed by atoms with Gasteiger partial charge in [-0.25, -0.2) is 0 Å². The van der Waals surface area contributed by atoms with Gasteiger partial charge >= 0.3 is 0 Å². The van der Waals surface area contributed by atoms with Crippen molar-refractivity contribution < 1.29 is 9.36 Å². The molecule has 0 bridgehead atoms. The van der Waals surface area contributed by atoms with Crippen molar-refractivity contribution in [3.8, 4) is 0 Å². The molecule has 1 aromatic heterocycles. The molecule has 0 spiro atoms. The van der Waals surface area contributed by atoms with Gasteiger partial charge in [0.05, 0.1) is 4.88 Å². The summed E-state index contributed by atoms with van der Waals surface area (Å²) in [5.74, 6) is 0. The fourth-order valence-corrected chi connectivity index (χ4v) is 2.05. The van der Waals surface area contributed by atoms with E-state index in [4.69, 9.17) is 0 Å². The van der Waals surface area contributed by atoms with E-state index in [2.05, 4.69) is 23.9 Å². The maximum absolute atomic E-state index is 10.2. The Morgan fingerprint density at radius 3 is 2.91 bits per heavy atom. The van der Waals surface area contributed by atoms with Crippen molar-refractivity contribution >= 4 is 17.6 Å². The Hall–Kier alpha value is -0.700. The van der Waals surface area contributed by atoms with E-state index < -0.39 is 0 Å². The first-order valence-electron chi connectivity index (χ1n) is 3.69. The molecule has 0 fully saturated rings. The van der Waals surface area contributed by atoms with Gasteiger partial charge in [-0.15, -0.1) is 0 Å². The molecule has 2 nitrogen and oxygen atoms in total. The van der Waals surface area contributed by atoms with Crippen molar-refractivity contribution in [2.75, 3.05) is 0 Å². The Balaban J connectivity index is 2.90. The summed E-state index contributed by atoms with van der Waals surface area (Å²) in [7, 11) is 0. The highest BCUT2D eigenvalue weighted by molar-refractivity contribution is 7.09. The van der Waals surface area contributed by atoms with Crippen molar-refractivity contribution in [2.24, 2.45) is 0 Å². The Kier molecular flexibility index (Phi) is 2.76. The van der Waals surface area contributed by atoms with Crippen molar-refractivity contribution in [1.82, 2.24) is 0 Å². The number of aromatic nitrogens is 1. The molecule has 0 saturated heterocycles. The van der Waals surface area contributed by atoms with E-state index in [-0.39, 0.29) is 0 Å². The fourth-order valence-electron chi connectivity index (χ4n) is 1.03. The summed E-state index contributed by atoms with van der Waals surface area (Å²) >= 11 is 1.66. The Morgan fingerprint density at radius 1 is 1.73 bits per heavy atom. The zero-order valence-corrected chi connectivity index (χ0v) is 7.65. The van der Waals surface area contributed by atoms with Crippen molar-refractivity contribution in [3.63, 3.8) is 0 Å². The van der Waals surface area contributed by atoms with Crippen LogP contribution in [0.1, 0.15) is 17.5 Å². The number of thiazole rings is 1. The number of hydrogen-bond acceptors (Lipinski definition) is 2. The van der Waals surface area contributed by atoms with Crippen LogP contribution in [0.25, 0.3) is 0 Å². The molecular weight excluding hydrogens is 158 g/mol. The molecule has 3 heteroatoms. The smallest absolute Gasteiger partial charge is 0.225 e. The summed E-state index contributed by atoms with van der Waals surface area (Å²) < 4.78 is 2.16. The quantitative estimate of drug-likeness (QED) is 0.491. The fraction of sp³-hybridized carbons (Fsp3) is 0.500. The van der Waals surface area contributed by atoms with E-state index in [0.29, 0.717) is 6.42 Å². The van der Waals surface area contributed by atoms with Crippen LogP contribution in [0.2, 0.25) is 0 Å². The minimum Gasteiger partial charge on any atom is -0.303 e. The molecular formula is C8H12NOS+. The molecule has 0 aliphatic rings. The van der Waals surface area contributed by atoms with E-state index in [1.165, 1.54) is 10.6 Å². The van der Waals surface area contributed by atoms with Crippen LogP contribution in [-0.2, 0) is 17.8 Å². The molecule has 0 unspecified atom stereocenters. The molecule has 0 saturated carbocycles. The average Bonchev–Trinajstić information content (AvgIpc) is 2.34. The zero-order chi connectivity index (χ0) is 8.27. The second kappa shape index (κ2) is 3.62. The lowest BCUT2D eigenvalue weighted by molar-refractivity contribution is -0.694. The minimum absolute atomic E-state index is 0.559. The standard InChI is InChI=1S/C8H12NOS/c1-3-9-6-11-8(4-5-10)7(9)2/h5-6H,3-4H2,1-2H3/q+1.